The third-order valence-electron chi connectivity index (χ3n) is 9.55. The van der Waals surface area contributed by atoms with Gasteiger partial charge in [0, 0.05) is 24.0 Å². The molecule has 4 aromatic rings. The summed E-state index contributed by atoms with van der Waals surface area (Å²) in [5, 5.41) is 23.4. The molecule has 1 saturated heterocycles. The molecule has 0 unspecified atom stereocenters. The predicted molar refractivity (Wildman–Crippen MR) is 219 cm³/mol. The first kappa shape index (κ1) is 39.9. The Morgan fingerprint density at radius 3 is 1.10 bits per heavy atom. The monoisotopic (exact) mass is 823 g/mol. The maximum Gasteiger partial charge on any atom is 0 e. The van der Waals surface area contributed by atoms with Gasteiger partial charge in [0.05, 0.1) is 0 Å². The number of halogens is 1. The normalized spacial score (nSPS) is 21.2. The molecule has 4 aromatic carbocycles. The molecule has 2 N–H and O–H groups in total. The maximum atomic E-state index is 11.7. The van der Waals surface area contributed by atoms with Crippen LogP contribution >= 0.6 is 24.0 Å². The summed E-state index contributed by atoms with van der Waals surface area (Å²) >= 11 is -3.20. The van der Waals surface area contributed by atoms with Crippen molar-refractivity contribution in [3.63, 3.8) is 0 Å². The molecule has 267 valence electrons. The number of nitrogens with zero attached hydrogens (tertiary/aromatic N) is 2. The van der Waals surface area contributed by atoms with Gasteiger partial charge >= 0.3 is 299 Å². The molecular formula is C44H56CrIN2O2. The van der Waals surface area contributed by atoms with E-state index in [0.717, 1.165) is 33.4 Å². The van der Waals surface area contributed by atoms with Crippen LogP contribution in [0.1, 0.15) is 137 Å². The zero-order valence-electron chi connectivity index (χ0n) is 32.0. The van der Waals surface area contributed by atoms with Crippen LogP contribution in [-0.2, 0) is 35.2 Å². The molecule has 0 spiro atoms. The zero-order valence-corrected chi connectivity index (χ0v) is 35.4. The van der Waals surface area contributed by atoms with Crippen molar-refractivity contribution in [1.29, 1.82) is 0 Å². The molecule has 5 rings (SSSR count). The first-order valence-corrected chi connectivity index (χ1v) is 20.0. The first-order valence-electron chi connectivity index (χ1n) is 17.4. The van der Waals surface area contributed by atoms with Gasteiger partial charge in [-0.3, -0.25) is 0 Å². The quantitative estimate of drug-likeness (QED) is 0.150. The summed E-state index contributed by atoms with van der Waals surface area (Å²) in [6, 6.07) is 29.7. The van der Waals surface area contributed by atoms with Crippen molar-refractivity contribution >= 4 is 36.4 Å². The molecule has 1 aliphatic heterocycles. The summed E-state index contributed by atoms with van der Waals surface area (Å²) in [7, 11) is 0. The molecule has 4 nitrogen and oxygen atoms in total. The van der Waals surface area contributed by atoms with E-state index in [9.17, 15) is 10.2 Å². The van der Waals surface area contributed by atoms with E-state index in [0.29, 0.717) is 0 Å². The van der Waals surface area contributed by atoms with Crippen molar-refractivity contribution in [1.82, 2.24) is 0 Å². The minimum atomic E-state index is -3.20. The Morgan fingerprint density at radius 1 is 0.500 bits per heavy atom. The van der Waals surface area contributed by atoms with Crippen molar-refractivity contribution in [3.8, 4) is 11.5 Å². The van der Waals surface area contributed by atoms with Crippen LogP contribution in [0.15, 0.2) is 92.9 Å². The number of aromatic hydroxyl groups is 2. The summed E-state index contributed by atoms with van der Waals surface area (Å²) in [6.07, 6.45) is 3.81. The average molecular weight is 824 g/mol. The minimum Gasteiger partial charge on any atom is 0 e. The van der Waals surface area contributed by atoms with Crippen LogP contribution < -0.4 is 0 Å². The zero-order chi connectivity index (χ0) is 36.2. The fourth-order valence-electron chi connectivity index (χ4n) is 6.41. The number of phenols is 2. The Morgan fingerprint density at radius 2 is 0.820 bits per heavy atom. The number of rotatable bonds is 6. The van der Waals surface area contributed by atoms with Crippen LogP contribution in [0.5, 0.6) is 11.5 Å². The Bertz CT molecular complexity index is 1730. The SMILES string of the molecule is CC(C)(C)c1cc(C=[N][Cr]2([N]=Cc3cc(C(C)(C)C)cc(C(C)(C)C)c3O)[C@H](c3ccccc3)[C@H]2c2ccccc2)c(O)c(C(C)(C)C)c1.[I]. The first-order chi connectivity index (χ1) is 22.6. The smallest absolute Gasteiger partial charge is 0 e. The molecule has 2 atom stereocenters. The van der Waals surface area contributed by atoms with Crippen molar-refractivity contribution in [3.05, 3.63) is 129 Å². The molecule has 50 heavy (non-hydrogen) atoms. The standard InChI is InChI=1S/2C15H22NO.C14H12.Cr.I/c2*1-14(2,3)11-7-10(9-16)13(17)12(8-11)15(4,5)6;1-3-7-13(8-4-1)11-12-14-9-5-2-6-10-14;;/h2*7-9,17H,1-6H3;1-12H;;/q2*-1;;+2;. The largest absolute Gasteiger partial charge is 0 e. The Labute approximate surface area is 321 Å². The molecule has 1 heterocycles. The topological polar surface area (TPSA) is 65.2 Å². The molecule has 0 bridgehead atoms. The summed E-state index contributed by atoms with van der Waals surface area (Å²) in [5.74, 6) is 0.554. The van der Waals surface area contributed by atoms with Crippen molar-refractivity contribution in [2.75, 3.05) is 0 Å². The van der Waals surface area contributed by atoms with Gasteiger partial charge in [0.15, 0.2) is 0 Å². The summed E-state index contributed by atoms with van der Waals surface area (Å²) in [4.78, 5) is 0. The Balaban J connectivity index is 0.00000562. The average Bonchev–Trinajstić information content (AvgIpc) is 3.67. The molecule has 0 amide bonds. The molecule has 1 aliphatic rings. The second-order valence-corrected chi connectivity index (χ2v) is 21.9. The van der Waals surface area contributed by atoms with Crippen LogP contribution in [0.4, 0.5) is 0 Å². The van der Waals surface area contributed by atoms with Gasteiger partial charge in [-0.15, -0.1) is 0 Å². The van der Waals surface area contributed by atoms with Crippen molar-refractivity contribution < 1.29 is 23.7 Å². The van der Waals surface area contributed by atoms with E-state index in [1.165, 1.54) is 11.1 Å². The number of benzene rings is 4. The molecule has 0 aromatic heterocycles. The second kappa shape index (κ2) is 14.2. The van der Waals surface area contributed by atoms with E-state index in [-0.39, 0.29) is 66.7 Å². The van der Waals surface area contributed by atoms with E-state index in [1.54, 1.807) is 0 Å². The molecular weight excluding hydrogens is 767 g/mol. The molecule has 1 radical (unpaired) electrons. The number of hydrogen-bond donors (Lipinski definition) is 2. The van der Waals surface area contributed by atoms with E-state index in [4.69, 9.17) is 7.95 Å². The van der Waals surface area contributed by atoms with Crippen LogP contribution in [-0.4, -0.2) is 22.6 Å². The predicted octanol–water partition coefficient (Wildman–Crippen LogP) is 12.2. The van der Waals surface area contributed by atoms with E-state index in [2.05, 4.69) is 168 Å². The summed E-state index contributed by atoms with van der Waals surface area (Å²) < 4.78 is 11.3. The van der Waals surface area contributed by atoms with Gasteiger partial charge < -0.3 is 0 Å². The number of hydrogen-bond acceptors (Lipinski definition) is 4. The fourth-order valence-corrected chi connectivity index (χ4v) is 12.0. The summed E-state index contributed by atoms with van der Waals surface area (Å²) in [6.45, 7) is 26.1. The molecule has 6 heteroatoms. The second-order valence-electron chi connectivity index (χ2n) is 17.7. The molecule has 0 aliphatic carbocycles. The Hall–Kier alpha value is -2.92. The van der Waals surface area contributed by atoms with Gasteiger partial charge in [0.1, 0.15) is 0 Å². The van der Waals surface area contributed by atoms with Crippen LogP contribution in [0, 0.1) is 0 Å². The van der Waals surface area contributed by atoms with Crippen molar-refractivity contribution in [2.24, 2.45) is 7.95 Å². The maximum absolute atomic E-state index is 11.7. The van der Waals surface area contributed by atoms with Crippen molar-refractivity contribution in [2.45, 2.75) is 114 Å². The van der Waals surface area contributed by atoms with Gasteiger partial charge in [-0.25, -0.2) is 0 Å². The van der Waals surface area contributed by atoms with Crippen LogP contribution in [0.2, 0.25) is 0 Å². The third-order valence-corrected chi connectivity index (χ3v) is 14.5. The van der Waals surface area contributed by atoms with Gasteiger partial charge in [-0.1, -0.05) is 0 Å². The van der Waals surface area contributed by atoms with Gasteiger partial charge in [-0.05, 0) is 0 Å². The molecule has 0 saturated carbocycles. The van der Waals surface area contributed by atoms with Crippen LogP contribution in [0.25, 0.3) is 0 Å². The Kier molecular flexibility index (Phi) is 11.4. The minimum absolute atomic E-state index is 0. The van der Waals surface area contributed by atoms with Crippen LogP contribution in [0.3, 0.4) is 0 Å². The van der Waals surface area contributed by atoms with E-state index >= 15 is 0 Å². The van der Waals surface area contributed by atoms with E-state index in [1.807, 2.05) is 12.4 Å². The van der Waals surface area contributed by atoms with E-state index < -0.39 is 13.5 Å². The third kappa shape index (κ3) is 8.24. The molecule has 1 fully saturated rings. The fraction of sp³-hybridized carbons (Fsp3) is 0.409. The van der Waals surface area contributed by atoms with Gasteiger partial charge in [-0.2, -0.15) is 0 Å². The number of phenolic OH excluding ortho intramolecular Hbond substituents is 2. The summed E-state index contributed by atoms with van der Waals surface area (Å²) in [5.41, 5.74) is 7.32. The van der Waals surface area contributed by atoms with Gasteiger partial charge in [0.25, 0.3) is 0 Å². The van der Waals surface area contributed by atoms with Gasteiger partial charge in [0.2, 0.25) is 0 Å².